The molecule has 1 aromatic rings. The Morgan fingerprint density at radius 2 is 2.18 bits per heavy atom. The highest BCUT2D eigenvalue weighted by atomic mass is 32.1. The van der Waals surface area contributed by atoms with Crippen molar-refractivity contribution in [1.82, 2.24) is 10.2 Å². The number of piperidine rings is 1. The van der Waals surface area contributed by atoms with Gasteiger partial charge in [-0.1, -0.05) is 6.42 Å². The zero-order valence-electron chi connectivity index (χ0n) is 10.8. The summed E-state index contributed by atoms with van der Waals surface area (Å²) >= 11 is 1.79. The second kappa shape index (κ2) is 7.14. The molecule has 2 heterocycles. The lowest BCUT2D eigenvalue weighted by Crippen LogP contribution is -2.42. The molecule has 1 aliphatic heterocycles. The van der Waals surface area contributed by atoms with Crippen LogP contribution in [0.15, 0.2) is 16.8 Å². The standard InChI is InChI=1S/C14H24N2S/c1-13(11-16-8-3-2-4-9-16)15-7-5-14-6-10-17-12-14/h6,10,12-13,15H,2-5,7-9,11H2,1H3. The highest BCUT2D eigenvalue weighted by Crippen LogP contribution is 2.09. The third-order valence-electron chi connectivity index (χ3n) is 3.47. The molecule has 0 amide bonds. The first-order chi connectivity index (χ1) is 8.34. The van der Waals surface area contributed by atoms with Gasteiger partial charge >= 0.3 is 0 Å². The zero-order chi connectivity index (χ0) is 11.9. The molecule has 2 rings (SSSR count). The summed E-state index contributed by atoms with van der Waals surface area (Å²) in [6.07, 6.45) is 5.37. The Balaban J connectivity index is 1.58. The van der Waals surface area contributed by atoms with Crippen molar-refractivity contribution < 1.29 is 0 Å². The highest BCUT2D eigenvalue weighted by Gasteiger charge is 2.12. The van der Waals surface area contributed by atoms with Crippen LogP contribution in [0.2, 0.25) is 0 Å². The predicted octanol–water partition coefficient (Wildman–Crippen LogP) is 2.75. The molecule has 1 N–H and O–H groups in total. The Bertz CT molecular complexity index is 291. The minimum Gasteiger partial charge on any atom is -0.313 e. The fourth-order valence-electron chi connectivity index (χ4n) is 2.49. The molecule has 0 aliphatic carbocycles. The van der Waals surface area contributed by atoms with Gasteiger partial charge < -0.3 is 10.2 Å². The molecule has 96 valence electrons. The molecule has 0 saturated carbocycles. The van der Waals surface area contributed by atoms with E-state index in [1.807, 2.05) is 0 Å². The number of thiophene rings is 1. The van der Waals surface area contributed by atoms with Crippen LogP contribution in [0.4, 0.5) is 0 Å². The molecule has 1 atom stereocenters. The average molecular weight is 252 g/mol. The van der Waals surface area contributed by atoms with Crippen molar-refractivity contribution in [2.24, 2.45) is 0 Å². The van der Waals surface area contributed by atoms with Crippen molar-refractivity contribution in [3.8, 4) is 0 Å². The monoisotopic (exact) mass is 252 g/mol. The normalized spacial score (nSPS) is 19.4. The van der Waals surface area contributed by atoms with Crippen LogP contribution in [0.1, 0.15) is 31.7 Å². The van der Waals surface area contributed by atoms with E-state index in [0.29, 0.717) is 6.04 Å². The SMILES string of the molecule is CC(CN1CCCCC1)NCCc1ccsc1. The maximum absolute atomic E-state index is 3.63. The smallest absolute Gasteiger partial charge is 0.0166 e. The number of rotatable bonds is 6. The van der Waals surface area contributed by atoms with Crippen molar-refractivity contribution in [1.29, 1.82) is 0 Å². The van der Waals surface area contributed by atoms with Gasteiger partial charge in [0.25, 0.3) is 0 Å². The molecule has 1 aromatic heterocycles. The van der Waals surface area contributed by atoms with Crippen LogP contribution >= 0.6 is 11.3 Å². The van der Waals surface area contributed by atoms with Gasteiger partial charge in [0, 0.05) is 12.6 Å². The minimum absolute atomic E-state index is 0.617. The van der Waals surface area contributed by atoms with Crippen LogP contribution in [-0.4, -0.2) is 37.1 Å². The first kappa shape index (κ1) is 13.1. The van der Waals surface area contributed by atoms with E-state index in [2.05, 4.69) is 34.0 Å². The van der Waals surface area contributed by atoms with Gasteiger partial charge in [0.15, 0.2) is 0 Å². The Morgan fingerprint density at radius 3 is 2.88 bits per heavy atom. The first-order valence-electron chi connectivity index (χ1n) is 6.81. The van der Waals surface area contributed by atoms with Crippen LogP contribution in [0.3, 0.4) is 0 Å². The third kappa shape index (κ3) is 4.78. The molecule has 0 aromatic carbocycles. The molecule has 0 bridgehead atoms. The van der Waals surface area contributed by atoms with E-state index in [1.54, 1.807) is 11.3 Å². The van der Waals surface area contributed by atoms with Crippen LogP contribution in [0, 0.1) is 0 Å². The topological polar surface area (TPSA) is 15.3 Å². The van der Waals surface area contributed by atoms with Crippen molar-refractivity contribution in [2.45, 2.75) is 38.6 Å². The summed E-state index contributed by atoms with van der Waals surface area (Å²) in [5.74, 6) is 0. The second-order valence-corrected chi connectivity index (χ2v) is 5.88. The molecule has 3 heteroatoms. The molecular weight excluding hydrogens is 228 g/mol. The number of hydrogen-bond donors (Lipinski definition) is 1. The highest BCUT2D eigenvalue weighted by molar-refractivity contribution is 7.07. The summed E-state index contributed by atoms with van der Waals surface area (Å²) < 4.78 is 0. The van der Waals surface area contributed by atoms with Crippen molar-refractivity contribution in [3.63, 3.8) is 0 Å². The molecule has 0 radical (unpaired) electrons. The van der Waals surface area contributed by atoms with Crippen LogP contribution < -0.4 is 5.32 Å². The van der Waals surface area contributed by atoms with Gasteiger partial charge in [-0.15, -0.1) is 0 Å². The van der Waals surface area contributed by atoms with E-state index in [-0.39, 0.29) is 0 Å². The predicted molar refractivity (Wildman–Crippen MR) is 75.8 cm³/mol. The molecule has 1 fully saturated rings. The van der Waals surface area contributed by atoms with Gasteiger partial charge in [0.1, 0.15) is 0 Å². The quantitative estimate of drug-likeness (QED) is 0.837. The lowest BCUT2D eigenvalue weighted by molar-refractivity contribution is 0.209. The van der Waals surface area contributed by atoms with E-state index >= 15 is 0 Å². The van der Waals surface area contributed by atoms with Crippen LogP contribution in [0.25, 0.3) is 0 Å². The van der Waals surface area contributed by atoms with Crippen molar-refractivity contribution in [2.75, 3.05) is 26.2 Å². The number of likely N-dealkylation sites (tertiary alicyclic amines) is 1. The summed E-state index contributed by atoms with van der Waals surface area (Å²) in [7, 11) is 0. The molecule has 1 saturated heterocycles. The van der Waals surface area contributed by atoms with Crippen LogP contribution in [-0.2, 0) is 6.42 Å². The third-order valence-corrected chi connectivity index (χ3v) is 4.20. The maximum Gasteiger partial charge on any atom is 0.0166 e. The summed E-state index contributed by atoms with van der Waals surface area (Å²) in [6.45, 7) is 7.23. The fourth-order valence-corrected chi connectivity index (χ4v) is 3.19. The summed E-state index contributed by atoms with van der Waals surface area (Å²) in [4.78, 5) is 2.60. The Morgan fingerprint density at radius 1 is 1.35 bits per heavy atom. The van der Waals surface area contributed by atoms with Gasteiger partial charge in [-0.05, 0) is 68.2 Å². The Hall–Kier alpha value is -0.380. The summed E-state index contributed by atoms with van der Waals surface area (Å²) in [6, 6.07) is 2.84. The van der Waals surface area contributed by atoms with Gasteiger partial charge in [-0.3, -0.25) is 0 Å². The molecule has 17 heavy (non-hydrogen) atoms. The first-order valence-corrected chi connectivity index (χ1v) is 7.75. The molecule has 0 spiro atoms. The number of nitrogens with zero attached hydrogens (tertiary/aromatic N) is 1. The number of nitrogens with one attached hydrogen (secondary N) is 1. The second-order valence-electron chi connectivity index (χ2n) is 5.10. The van der Waals surface area contributed by atoms with Crippen LogP contribution in [0.5, 0.6) is 0 Å². The Kier molecular flexibility index (Phi) is 5.49. The number of hydrogen-bond acceptors (Lipinski definition) is 3. The fraction of sp³-hybridized carbons (Fsp3) is 0.714. The zero-order valence-corrected chi connectivity index (χ0v) is 11.6. The van der Waals surface area contributed by atoms with E-state index in [0.717, 1.165) is 13.0 Å². The minimum atomic E-state index is 0.617. The summed E-state index contributed by atoms with van der Waals surface area (Å²) in [5.41, 5.74) is 1.47. The largest absolute Gasteiger partial charge is 0.313 e. The molecular formula is C14H24N2S. The lowest BCUT2D eigenvalue weighted by atomic mass is 10.1. The van der Waals surface area contributed by atoms with E-state index < -0.39 is 0 Å². The van der Waals surface area contributed by atoms with E-state index in [1.165, 1.54) is 44.5 Å². The van der Waals surface area contributed by atoms with Gasteiger partial charge in [0.2, 0.25) is 0 Å². The van der Waals surface area contributed by atoms with Gasteiger partial charge in [-0.2, -0.15) is 11.3 Å². The lowest BCUT2D eigenvalue weighted by Gasteiger charge is -2.29. The van der Waals surface area contributed by atoms with Gasteiger partial charge in [0.05, 0.1) is 0 Å². The van der Waals surface area contributed by atoms with Gasteiger partial charge in [-0.25, -0.2) is 0 Å². The summed E-state index contributed by atoms with van der Waals surface area (Å²) in [5, 5.41) is 8.04. The maximum atomic E-state index is 3.63. The van der Waals surface area contributed by atoms with Crippen molar-refractivity contribution >= 4 is 11.3 Å². The molecule has 1 unspecified atom stereocenters. The van der Waals surface area contributed by atoms with E-state index in [4.69, 9.17) is 0 Å². The Labute approximate surface area is 109 Å². The average Bonchev–Trinajstić information content (AvgIpc) is 2.83. The van der Waals surface area contributed by atoms with E-state index in [9.17, 15) is 0 Å². The molecule has 1 aliphatic rings. The van der Waals surface area contributed by atoms with Crippen molar-refractivity contribution in [3.05, 3.63) is 22.4 Å². The molecule has 2 nitrogen and oxygen atoms in total.